The molecular weight excluding hydrogens is 458 g/mol. The monoisotopic (exact) mass is 493 g/mol. The van der Waals surface area contributed by atoms with Gasteiger partial charge in [-0.2, -0.15) is 0 Å². The van der Waals surface area contributed by atoms with Crippen molar-refractivity contribution >= 4 is 23.6 Å². The summed E-state index contributed by atoms with van der Waals surface area (Å²) in [6, 6.07) is 13.5. The highest BCUT2D eigenvalue weighted by molar-refractivity contribution is 6.21. The minimum Gasteiger partial charge on any atom is -0.497 e. The maximum absolute atomic E-state index is 13.4. The molecule has 1 N–H and O–H groups in total. The molecule has 4 amide bonds. The van der Waals surface area contributed by atoms with Gasteiger partial charge in [-0.15, -0.1) is 0 Å². The number of hydrogen-bond acceptors (Lipinski definition) is 5. The summed E-state index contributed by atoms with van der Waals surface area (Å²) in [5.74, 6) is -0.119. The third-order valence-corrected chi connectivity index (χ3v) is 6.21. The van der Waals surface area contributed by atoms with E-state index in [4.69, 9.17) is 4.74 Å². The van der Waals surface area contributed by atoms with E-state index in [0.717, 1.165) is 5.56 Å². The first-order chi connectivity index (χ1) is 17.3. The van der Waals surface area contributed by atoms with Crippen LogP contribution in [-0.2, 0) is 16.1 Å². The molecular formula is C28H35N3O5. The standard InChI is InChI=1S/C28H35N3O5/c1-5-24(26(33)29-17-19(2)3)31(18-20-10-8-11-21(16-20)36-4)25(32)14-9-15-30-27(34)22-12-6-7-13-23(22)28(30)35/h6-8,10-13,16,19,24H,5,9,14-15,17-18H2,1-4H3,(H,29,33)/t24-/m0/s1. The molecule has 0 spiro atoms. The van der Waals surface area contributed by atoms with Crippen molar-refractivity contribution < 1.29 is 23.9 Å². The number of benzene rings is 2. The summed E-state index contributed by atoms with van der Waals surface area (Å²) in [5, 5.41) is 2.94. The zero-order valence-corrected chi connectivity index (χ0v) is 21.5. The van der Waals surface area contributed by atoms with Gasteiger partial charge in [0, 0.05) is 26.1 Å². The number of rotatable bonds is 12. The number of hydrogen-bond donors (Lipinski definition) is 1. The maximum atomic E-state index is 13.4. The molecule has 0 saturated heterocycles. The SMILES string of the molecule is CC[C@@H](C(=O)NCC(C)C)N(Cc1cccc(OC)c1)C(=O)CCCN1C(=O)c2ccccc2C1=O. The van der Waals surface area contributed by atoms with E-state index in [1.165, 1.54) is 4.90 Å². The van der Waals surface area contributed by atoms with Crippen molar-refractivity contribution in [2.75, 3.05) is 20.2 Å². The van der Waals surface area contributed by atoms with E-state index in [2.05, 4.69) is 5.32 Å². The lowest BCUT2D eigenvalue weighted by Crippen LogP contribution is -2.49. The molecule has 0 aliphatic carbocycles. The molecule has 0 unspecified atom stereocenters. The van der Waals surface area contributed by atoms with Gasteiger partial charge in [-0.25, -0.2) is 0 Å². The first-order valence-corrected chi connectivity index (χ1v) is 12.4. The molecule has 0 saturated carbocycles. The number of nitrogens with one attached hydrogen (secondary N) is 1. The quantitative estimate of drug-likeness (QED) is 0.456. The molecule has 0 radical (unpaired) electrons. The van der Waals surface area contributed by atoms with E-state index >= 15 is 0 Å². The van der Waals surface area contributed by atoms with Crippen molar-refractivity contribution in [2.24, 2.45) is 5.92 Å². The molecule has 1 atom stereocenters. The van der Waals surface area contributed by atoms with Crippen LogP contribution in [0, 0.1) is 5.92 Å². The lowest BCUT2D eigenvalue weighted by Gasteiger charge is -2.31. The van der Waals surface area contributed by atoms with Gasteiger partial charge in [-0.05, 0) is 48.6 Å². The van der Waals surface area contributed by atoms with Crippen LogP contribution in [0.2, 0.25) is 0 Å². The van der Waals surface area contributed by atoms with Crippen LogP contribution >= 0.6 is 0 Å². The summed E-state index contributed by atoms with van der Waals surface area (Å²) in [7, 11) is 1.58. The molecule has 0 fully saturated rings. The van der Waals surface area contributed by atoms with Crippen LogP contribution in [-0.4, -0.2) is 59.7 Å². The average molecular weight is 494 g/mol. The summed E-state index contributed by atoms with van der Waals surface area (Å²) in [4.78, 5) is 54.5. The molecule has 2 aromatic carbocycles. The van der Waals surface area contributed by atoms with Crippen molar-refractivity contribution in [3.8, 4) is 5.75 Å². The van der Waals surface area contributed by atoms with Crippen molar-refractivity contribution in [1.82, 2.24) is 15.1 Å². The predicted molar refractivity (Wildman–Crippen MR) is 137 cm³/mol. The summed E-state index contributed by atoms with van der Waals surface area (Å²) in [6.07, 6.45) is 0.867. The zero-order valence-electron chi connectivity index (χ0n) is 21.5. The molecule has 0 aromatic heterocycles. The van der Waals surface area contributed by atoms with Gasteiger partial charge in [0.2, 0.25) is 11.8 Å². The fourth-order valence-corrected chi connectivity index (χ4v) is 4.28. The van der Waals surface area contributed by atoms with Gasteiger partial charge in [0.15, 0.2) is 0 Å². The fourth-order valence-electron chi connectivity index (χ4n) is 4.28. The molecule has 1 aliphatic rings. The second-order valence-corrected chi connectivity index (χ2v) is 9.35. The molecule has 3 rings (SSSR count). The summed E-state index contributed by atoms with van der Waals surface area (Å²) in [6.45, 7) is 6.82. The summed E-state index contributed by atoms with van der Waals surface area (Å²) < 4.78 is 5.31. The minimum atomic E-state index is -0.637. The largest absolute Gasteiger partial charge is 0.497 e. The first-order valence-electron chi connectivity index (χ1n) is 12.4. The lowest BCUT2D eigenvalue weighted by molar-refractivity contribution is -0.141. The second-order valence-electron chi connectivity index (χ2n) is 9.35. The predicted octanol–water partition coefficient (Wildman–Crippen LogP) is 3.65. The number of ether oxygens (including phenoxy) is 1. The Kier molecular flexibility index (Phi) is 9.22. The number of nitrogens with zero attached hydrogens (tertiary/aromatic N) is 2. The smallest absolute Gasteiger partial charge is 0.261 e. The highest BCUT2D eigenvalue weighted by atomic mass is 16.5. The Morgan fingerprint density at radius 1 is 1.03 bits per heavy atom. The molecule has 0 bridgehead atoms. The second kappa shape index (κ2) is 12.3. The van der Waals surface area contributed by atoms with Gasteiger partial charge in [0.05, 0.1) is 18.2 Å². The van der Waals surface area contributed by atoms with Crippen molar-refractivity contribution in [2.45, 2.75) is 52.6 Å². The molecule has 8 heteroatoms. The fraction of sp³-hybridized carbons (Fsp3) is 0.429. The number of imide groups is 1. The molecule has 8 nitrogen and oxygen atoms in total. The first kappa shape index (κ1) is 26.9. The van der Waals surface area contributed by atoms with Gasteiger partial charge >= 0.3 is 0 Å². The third kappa shape index (κ3) is 6.30. The highest BCUT2D eigenvalue weighted by Crippen LogP contribution is 2.23. The Morgan fingerprint density at radius 2 is 1.69 bits per heavy atom. The van der Waals surface area contributed by atoms with Gasteiger partial charge in [0.25, 0.3) is 11.8 Å². The van der Waals surface area contributed by atoms with Crippen LogP contribution in [0.5, 0.6) is 5.75 Å². The number of methoxy groups -OCH3 is 1. The van der Waals surface area contributed by atoms with Crippen molar-refractivity contribution in [3.05, 3.63) is 65.2 Å². The van der Waals surface area contributed by atoms with Gasteiger partial charge in [-0.3, -0.25) is 24.1 Å². The normalized spacial score (nSPS) is 13.5. The van der Waals surface area contributed by atoms with E-state index in [1.54, 1.807) is 36.3 Å². The average Bonchev–Trinajstić information content (AvgIpc) is 3.12. The van der Waals surface area contributed by atoms with Crippen LogP contribution in [0.4, 0.5) is 0 Å². The Morgan fingerprint density at radius 3 is 2.28 bits per heavy atom. The van der Waals surface area contributed by atoms with E-state index in [-0.39, 0.29) is 49.1 Å². The number of fused-ring (bicyclic) bond motifs is 1. The van der Waals surface area contributed by atoms with E-state index in [0.29, 0.717) is 36.3 Å². The molecule has 2 aromatic rings. The number of amides is 4. The van der Waals surface area contributed by atoms with Crippen molar-refractivity contribution in [3.63, 3.8) is 0 Å². The van der Waals surface area contributed by atoms with E-state index in [9.17, 15) is 19.2 Å². The van der Waals surface area contributed by atoms with Crippen LogP contribution in [0.25, 0.3) is 0 Å². The van der Waals surface area contributed by atoms with E-state index in [1.807, 2.05) is 45.0 Å². The molecule has 1 heterocycles. The summed E-state index contributed by atoms with van der Waals surface area (Å²) >= 11 is 0. The topological polar surface area (TPSA) is 96.0 Å². The minimum absolute atomic E-state index is 0.103. The zero-order chi connectivity index (χ0) is 26.2. The van der Waals surface area contributed by atoms with Crippen LogP contribution in [0.1, 0.15) is 66.3 Å². The Balaban J connectivity index is 1.72. The highest BCUT2D eigenvalue weighted by Gasteiger charge is 2.35. The van der Waals surface area contributed by atoms with Crippen molar-refractivity contribution in [1.29, 1.82) is 0 Å². The lowest BCUT2D eigenvalue weighted by atomic mass is 10.1. The van der Waals surface area contributed by atoms with Gasteiger partial charge in [0.1, 0.15) is 11.8 Å². The Hall–Kier alpha value is -3.68. The Labute approximate surface area is 212 Å². The molecule has 36 heavy (non-hydrogen) atoms. The van der Waals surface area contributed by atoms with Crippen LogP contribution < -0.4 is 10.1 Å². The third-order valence-electron chi connectivity index (χ3n) is 6.21. The van der Waals surface area contributed by atoms with Gasteiger partial charge < -0.3 is 15.0 Å². The molecule has 192 valence electrons. The Bertz CT molecular complexity index is 1080. The number of carbonyl (C=O) groups excluding carboxylic acids is 4. The van der Waals surface area contributed by atoms with Crippen LogP contribution in [0.15, 0.2) is 48.5 Å². The molecule has 1 aliphatic heterocycles. The maximum Gasteiger partial charge on any atom is 0.261 e. The summed E-state index contributed by atoms with van der Waals surface area (Å²) in [5.41, 5.74) is 1.63. The van der Waals surface area contributed by atoms with Crippen LogP contribution in [0.3, 0.4) is 0 Å². The number of carbonyl (C=O) groups is 4. The van der Waals surface area contributed by atoms with Gasteiger partial charge in [-0.1, -0.05) is 45.0 Å². The van der Waals surface area contributed by atoms with E-state index < -0.39 is 6.04 Å².